The van der Waals surface area contributed by atoms with E-state index in [9.17, 15) is 4.79 Å². The van der Waals surface area contributed by atoms with Crippen molar-refractivity contribution in [3.05, 3.63) is 0 Å². The Morgan fingerprint density at radius 3 is 2.44 bits per heavy atom. The molecule has 1 aliphatic heterocycles. The minimum Gasteiger partial charge on any atom is -0.325 e. The van der Waals surface area contributed by atoms with Crippen LogP contribution in [-0.2, 0) is 4.79 Å². The summed E-state index contributed by atoms with van der Waals surface area (Å²) in [5, 5.41) is 3.43. The summed E-state index contributed by atoms with van der Waals surface area (Å²) < 4.78 is 0. The Morgan fingerprint density at radius 2 is 2.06 bits per heavy atom. The Morgan fingerprint density at radius 1 is 1.44 bits per heavy atom. The van der Waals surface area contributed by atoms with Crippen molar-refractivity contribution in [1.82, 2.24) is 10.2 Å². The molecule has 2 atom stereocenters. The van der Waals surface area contributed by atoms with Gasteiger partial charge in [-0.1, -0.05) is 20.3 Å². The number of carbonyl (C=O) groups is 1. The van der Waals surface area contributed by atoms with E-state index in [1.165, 1.54) is 19.3 Å². The van der Waals surface area contributed by atoms with E-state index in [2.05, 4.69) is 26.1 Å². The van der Waals surface area contributed by atoms with E-state index in [4.69, 9.17) is 0 Å². The van der Waals surface area contributed by atoms with Crippen LogP contribution in [0.1, 0.15) is 53.4 Å². The second-order valence-corrected chi connectivity index (χ2v) is 6.10. The Bertz CT molecular complexity index is 298. The standard InChI is InChI=1S/C13H24N2O/c1-5-13(4)11(16)15(10(2)14-13)9-12(3)7-6-8-12/h10,14H,5-9H2,1-4H3. The lowest BCUT2D eigenvalue weighted by molar-refractivity contribution is -0.135. The molecule has 3 heteroatoms. The van der Waals surface area contributed by atoms with E-state index in [1.54, 1.807) is 0 Å². The highest BCUT2D eigenvalue weighted by Crippen LogP contribution is 2.42. The molecule has 2 unspecified atom stereocenters. The molecule has 2 aliphatic rings. The van der Waals surface area contributed by atoms with E-state index in [0.29, 0.717) is 5.41 Å². The first kappa shape index (κ1) is 11.9. The third-order valence-electron chi connectivity index (χ3n) is 4.55. The highest BCUT2D eigenvalue weighted by molar-refractivity contribution is 5.88. The van der Waals surface area contributed by atoms with Crippen molar-refractivity contribution in [3.63, 3.8) is 0 Å². The number of carbonyl (C=O) groups excluding carboxylic acids is 1. The lowest BCUT2D eigenvalue weighted by Crippen LogP contribution is -2.46. The summed E-state index contributed by atoms with van der Waals surface area (Å²) in [6.45, 7) is 9.43. The molecule has 0 bridgehead atoms. The minimum absolute atomic E-state index is 0.190. The molecule has 1 N–H and O–H groups in total. The minimum atomic E-state index is -0.334. The van der Waals surface area contributed by atoms with E-state index in [-0.39, 0.29) is 17.6 Å². The zero-order chi connectivity index (χ0) is 12.0. The number of hydrogen-bond acceptors (Lipinski definition) is 2. The summed E-state index contributed by atoms with van der Waals surface area (Å²) in [5.74, 6) is 0.288. The van der Waals surface area contributed by atoms with Gasteiger partial charge < -0.3 is 4.90 Å². The van der Waals surface area contributed by atoms with Crippen LogP contribution in [0, 0.1) is 5.41 Å². The average molecular weight is 224 g/mol. The number of nitrogens with one attached hydrogen (secondary N) is 1. The molecule has 92 valence electrons. The fraction of sp³-hybridized carbons (Fsp3) is 0.923. The van der Waals surface area contributed by atoms with Crippen LogP contribution in [0.2, 0.25) is 0 Å². The number of nitrogens with zero attached hydrogens (tertiary/aromatic N) is 1. The Kier molecular flexibility index (Phi) is 2.77. The fourth-order valence-electron chi connectivity index (χ4n) is 2.91. The van der Waals surface area contributed by atoms with Crippen LogP contribution in [0.25, 0.3) is 0 Å². The lowest BCUT2D eigenvalue weighted by Gasteiger charge is -2.42. The SMILES string of the molecule is CCC1(C)NC(C)N(CC2(C)CCC2)C1=O. The Hall–Kier alpha value is -0.570. The monoisotopic (exact) mass is 224 g/mol. The first-order valence-corrected chi connectivity index (χ1v) is 6.49. The molecule has 1 aliphatic carbocycles. The molecule has 0 aromatic carbocycles. The van der Waals surface area contributed by atoms with Gasteiger partial charge in [0.25, 0.3) is 0 Å². The van der Waals surface area contributed by atoms with Crippen LogP contribution in [0.4, 0.5) is 0 Å². The second-order valence-electron chi connectivity index (χ2n) is 6.10. The molecule has 1 saturated heterocycles. The van der Waals surface area contributed by atoms with Gasteiger partial charge in [0.15, 0.2) is 0 Å². The van der Waals surface area contributed by atoms with Gasteiger partial charge in [0, 0.05) is 6.54 Å². The van der Waals surface area contributed by atoms with Crippen molar-refractivity contribution in [2.75, 3.05) is 6.54 Å². The maximum absolute atomic E-state index is 12.3. The molecule has 0 radical (unpaired) electrons. The first-order valence-electron chi connectivity index (χ1n) is 6.49. The molecule has 0 aromatic heterocycles. The maximum atomic E-state index is 12.3. The zero-order valence-corrected chi connectivity index (χ0v) is 11.0. The van der Waals surface area contributed by atoms with Crippen molar-refractivity contribution in [2.24, 2.45) is 5.41 Å². The first-order chi connectivity index (χ1) is 7.40. The van der Waals surface area contributed by atoms with Crippen LogP contribution in [0.5, 0.6) is 0 Å². The molecular formula is C13H24N2O. The Labute approximate surface area is 98.6 Å². The predicted octanol–water partition coefficient (Wildman–Crippen LogP) is 2.12. The molecule has 2 rings (SSSR count). The van der Waals surface area contributed by atoms with E-state index < -0.39 is 0 Å². The van der Waals surface area contributed by atoms with E-state index in [1.807, 2.05) is 11.8 Å². The predicted molar refractivity (Wildman–Crippen MR) is 65.0 cm³/mol. The summed E-state index contributed by atoms with van der Waals surface area (Å²) in [5.41, 5.74) is 0.0457. The summed E-state index contributed by atoms with van der Waals surface area (Å²) >= 11 is 0. The number of rotatable bonds is 3. The highest BCUT2D eigenvalue weighted by Gasteiger charge is 2.47. The van der Waals surface area contributed by atoms with Crippen LogP contribution < -0.4 is 5.32 Å². The van der Waals surface area contributed by atoms with Crippen molar-refractivity contribution < 1.29 is 4.79 Å². The van der Waals surface area contributed by atoms with Gasteiger partial charge in [-0.2, -0.15) is 0 Å². The van der Waals surface area contributed by atoms with E-state index in [0.717, 1.165) is 13.0 Å². The van der Waals surface area contributed by atoms with Crippen molar-refractivity contribution >= 4 is 5.91 Å². The molecule has 1 heterocycles. The topological polar surface area (TPSA) is 32.3 Å². The van der Waals surface area contributed by atoms with Gasteiger partial charge in [-0.15, -0.1) is 0 Å². The molecule has 1 amide bonds. The highest BCUT2D eigenvalue weighted by atomic mass is 16.2. The molecule has 3 nitrogen and oxygen atoms in total. The van der Waals surface area contributed by atoms with Gasteiger partial charge in [0.1, 0.15) is 0 Å². The lowest BCUT2D eigenvalue weighted by atomic mass is 9.70. The van der Waals surface area contributed by atoms with Crippen LogP contribution in [0.3, 0.4) is 0 Å². The van der Waals surface area contributed by atoms with Gasteiger partial charge in [0.05, 0.1) is 11.7 Å². The van der Waals surface area contributed by atoms with E-state index >= 15 is 0 Å². The van der Waals surface area contributed by atoms with Crippen molar-refractivity contribution in [1.29, 1.82) is 0 Å². The third-order valence-corrected chi connectivity index (χ3v) is 4.55. The third kappa shape index (κ3) is 1.75. The van der Waals surface area contributed by atoms with Gasteiger partial charge in [0.2, 0.25) is 5.91 Å². The van der Waals surface area contributed by atoms with Gasteiger partial charge in [-0.05, 0) is 38.5 Å². The second kappa shape index (κ2) is 3.73. The summed E-state index contributed by atoms with van der Waals surface area (Å²) in [6, 6.07) is 0. The van der Waals surface area contributed by atoms with Gasteiger partial charge in [-0.3, -0.25) is 10.1 Å². The van der Waals surface area contributed by atoms with Crippen LogP contribution in [-0.4, -0.2) is 29.1 Å². The molecular weight excluding hydrogens is 200 g/mol. The number of hydrogen-bond donors (Lipinski definition) is 1. The maximum Gasteiger partial charge on any atom is 0.243 e. The molecule has 2 fully saturated rings. The van der Waals surface area contributed by atoms with Gasteiger partial charge >= 0.3 is 0 Å². The van der Waals surface area contributed by atoms with Crippen molar-refractivity contribution in [3.8, 4) is 0 Å². The molecule has 0 spiro atoms. The normalized spacial score (nSPS) is 37.6. The average Bonchev–Trinajstić information content (AvgIpc) is 2.40. The Balaban J connectivity index is 2.07. The fourth-order valence-corrected chi connectivity index (χ4v) is 2.91. The molecule has 16 heavy (non-hydrogen) atoms. The van der Waals surface area contributed by atoms with Crippen LogP contribution >= 0.6 is 0 Å². The van der Waals surface area contributed by atoms with Gasteiger partial charge in [-0.25, -0.2) is 0 Å². The summed E-state index contributed by atoms with van der Waals surface area (Å²) in [7, 11) is 0. The van der Waals surface area contributed by atoms with Crippen molar-refractivity contribution in [2.45, 2.75) is 65.1 Å². The smallest absolute Gasteiger partial charge is 0.243 e. The number of amides is 1. The zero-order valence-electron chi connectivity index (χ0n) is 11.0. The summed E-state index contributed by atoms with van der Waals surface area (Å²) in [6.07, 6.45) is 4.92. The summed E-state index contributed by atoms with van der Waals surface area (Å²) in [4.78, 5) is 14.4. The van der Waals surface area contributed by atoms with Crippen LogP contribution in [0.15, 0.2) is 0 Å². The quantitative estimate of drug-likeness (QED) is 0.796. The largest absolute Gasteiger partial charge is 0.325 e. The molecule has 0 aromatic rings. The molecule has 1 saturated carbocycles.